The van der Waals surface area contributed by atoms with E-state index in [0.29, 0.717) is 10.8 Å². The van der Waals surface area contributed by atoms with Gasteiger partial charge in [0, 0.05) is 17.1 Å². The Morgan fingerprint density at radius 2 is 2.05 bits per heavy atom. The van der Waals surface area contributed by atoms with Crippen LogP contribution >= 0.6 is 11.6 Å². The van der Waals surface area contributed by atoms with Gasteiger partial charge >= 0.3 is 0 Å². The van der Waals surface area contributed by atoms with Crippen molar-refractivity contribution in [2.45, 2.75) is 12.5 Å². The number of aromatic hydroxyl groups is 1. The lowest BCUT2D eigenvalue weighted by atomic mass is 9.89. The molecule has 0 bridgehead atoms. The summed E-state index contributed by atoms with van der Waals surface area (Å²) in [5.41, 5.74) is 3.34. The summed E-state index contributed by atoms with van der Waals surface area (Å²) in [4.78, 5) is 0. The summed E-state index contributed by atoms with van der Waals surface area (Å²) < 4.78 is 5.44. The normalized spacial score (nSPS) is 17.6. The maximum atomic E-state index is 9.62. The minimum atomic E-state index is 0.0352. The van der Waals surface area contributed by atoms with Crippen LogP contribution in [0.1, 0.15) is 22.7 Å². The summed E-state index contributed by atoms with van der Waals surface area (Å²) in [6.45, 7) is 0.858. The van der Waals surface area contributed by atoms with Crippen LogP contribution in [0.2, 0.25) is 5.02 Å². The van der Waals surface area contributed by atoms with Gasteiger partial charge in [-0.25, -0.2) is 0 Å². The monoisotopic (exact) mass is 289 g/mol. The summed E-state index contributed by atoms with van der Waals surface area (Å²) >= 11 is 6.12. The molecule has 0 aliphatic carbocycles. The first kappa shape index (κ1) is 13.3. The highest BCUT2D eigenvalue weighted by Crippen LogP contribution is 2.36. The number of methoxy groups -OCH3 is 1. The molecule has 1 heterocycles. The topological polar surface area (TPSA) is 41.5 Å². The molecule has 0 fully saturated rings. The number of fused-ring (bicyclic) bond motifs is 1. The molecule has 1 aliphatic heterocycles. The van der Waals surface area contributed by atoms with Gasteiger partial charge in [0.15, 0.2) is 0 Å². The van der Waals surface area contributed by atoms with Gasteiger partial charge in [-0.3, -0.25) is 0 Å². The van der Waals surface area contributed by atoms with Gasteiger partial charge in [-0.2, -0.15) is 0 Å². The number of phenols is 1. The van der Waals surface area contributed by atoms with Crippen LogP contribution in [0, 0.1) is 0 Å². The molecule has 2 N–H and O–H groups in total. The van der Waals surface area contributed by atoms with Crippen LogP contribution < -0.4 is 10.1 Å². The van der Waals surface area contributed by atoms with Gasteiger partial charge in [0.2, 0.25) is 0 Å². The Kier molecular flexibility index (Phi) is 3.55. The van der Waals surface area contributed by atoms with Crippen molar-refractivity contribution in [3.63, 3.8) is 0 Å². The van der Waals surface area contributed by atoms with Gasteiger partial charge in [0.25, 0.3) is 0 Å². The highest BCUT2D eigenvalue weighted by molar-refractivity contribution is 6.30. The number of hydrogen-bond acceptors (Lipinski definition) is 3. The van der Waals surface area contributed by atoms with E-state index in [0.717, 1.165) is 35.4 Å². The second-order valence-corrected chi connectivity index (χ2v) is 5.34. The third-order valence-electron chi connectivity index (χ3n) is 3.68. The van der Waals surface area contributed by atoms with Gasteiger partial charge in [-0.1, -0.05) is 17.7 Å². The van der Waals surface area contributed by atoms with Gasteiger partial charge in [-0.15, -0.1) is 0 Å². The Hall–Kier alpha value is -1.71. The van der Waals surface area contributed by atoms with E-state index in [4.69, 9.17) is 16.3 Å². The van der Waals surface area contributed by atoms with Gasteiger partial charge in [0.05, 0.1) is 13.2 Å². The molecule has 1 atom stereocenters. The minimum Gasteiger partial charge on any atom is -0.508 e. The molecule has 1 aliphatic rings. The van der Waals surface area contributed by atoms with Crippen LogP contribution in [0.5, 0.6) is 11.5 Å². The number of nitrogens with one attached hydrogen (secondary N) is 1. The molecule has 20 heavy (non-hydrogen) atoms. The predicted octanol–water partition coefficient (Wildman–Crippen LogP) is 3.29. The molecule has 0 saturated heterocycles. The molecule has 2 aromatic carbocycles. The Labute approximate surface area is 123 Å². The minimum absolute atomic E-state index is 0.0352. The quantitative estimate of drug-likeness (QED) is 0.891. The zero-order valence-corrected chi connectivity index (χ0v) is 11.9. The summed E-state index contributed by atoms with van der Waals surface area (Å²) in [7, 11) is 1.66. The lowest BCUT2D eigenvalue weighted by Gasteiger charge is -2.28. The summed E-state index contributed by atoms with van der Waals surface area (Å²) in [6.07, 6.45) is 0.906. The average Bonchev–Trinajstić information content (AvgIpc) is 2.46. The average molecular weight is 290 g/mol. The van der Waals surface area contributed by atoms with Crippen LogP contribution in [0.3, 0.4) is 0 Å². The second-order valence-electron chi connectivity index (χ2n) is 4.91. The largest absolute Gasteiger partial charge is 0.508 e. The summed E-state index contributed by atoms with van der Waals surface area (Å²) in [5, 5.41) is 13.8. The highest BCUT2D eigenvalue weighted by Gasteiger charge is 2.24. The first-order chi connectivity index (χ1) is 9.69. The van der Waals surface area contributed by atoms with Crippen molar-refractivity contribution in [3.05, 3.63) is 58.1 Å². The first-order valence-electron chi connectivity index (χ1n) is 6.57. The van der Waals surface area contributed by atoms with Crippen LogP contribution in [0.4, 0.5) is 0 Å². The van der Waals surface area contributed by atoms with Crippen LogP contribution in [0.15, 0.2) is 36.4 Å². The Balaban J connectivity index is 2.11. The Bertz CT molecular complexity index is 642. The maximum Gasteiger partial charge on any atom is 0.124 e. The van der Waals surface area contributed by atoms with Crippen molar-refractivity contribution in [2.24, 2.45) is 0 Å². The Morgan fingerprint density at radius 3 is 2.85 bits per heavy atom. The molecule has 0 amide bonds. The van der Waals surface area contributed by atoms with Crippen molar-refractivity contribution in [3.8, 4) is 11.5 Å². The summed E-state index contributed by atoms with van der Waals surface area (Å²) in [6, 6.07) is 11.2. The van der Waals surface area contributed by atoms with Crippen molar-refractivity contribution in [2.75, 3.05) is 13.7 Å². The molecule has 0 spiro atoms. The number of benzene rings is 2. The fraction of sp³-hybridized carbons (Fsp3) is 0.250. The maximum absolute atomic E-state index is 9.62. The molecule has 3 nitrogen and oxygen atoms in total. The lowest BCUT2D eigenvalue weighted by Crippen LogP contribution is -2.30. The van der Waals surface area contributed by atoms with E-state index in [1.807, 2.05) is 30.3 Å². The predicted molar refractivity (Wildman–Crippen MR) is 79.7 cm³/mol. The number of rotatable bonds is 2. The van der Waals surface area contributed by atoms with Gasteiger partial charge in [-0.05, 0) is 47.9 Å². The van der Waals surface area contributed by atoms with Crippen molar-refractivity contribution in [1.29, 1.82) is 0 Å². The molecule has 0 radical (unpaired) electrons. The van der Waals surface area contributed by atoms with Gasteiger partial charge in [0.1, 0.15) is 11.5 Å². The second kappa shape index (κ2) is 5.35. The molecular formula is C16H16ClNO2. The van der Waals surface area contributed by atoms with Crippen LogP contribution in [0.25, 0.3) is 0 Å². The van der Waals surface area contributed by atoms with Crippen LogP contribution in [-0.2, 0) is 6.42 Å². The van der Waals surface area contributed by atoms with Crippen LogP contribution in [-0.4, -0.2) is 18.8 Å². The highest BCUT2D eigenvalue weighted by atomic mass is 35.5. The molecule has 1 unspecified atom stereocenters. The fourth-order valence-electron chi connectivity index (χ4n) is 2.76. The Morgan fingerprint density at radius 1 is 1.20 bits per heavy atom. The molecule has 2 aromatic rings. The fourth-order valence-corrected chi connectivity index (χ4v) is 2.94. The summed E-state index contributed by atoms with van der Waals surface area (Å²) in [5.74, 6) is 1.12. The molecule has 104 valence electrons. The van der Waals surface area contributed by atoms with E-state index < -0.39 is 0 Å². The molecule has 0 saturated carbocycles. The van der Waals surface area contributed by atoms with Gasteiger partial charge < -0.3 is 15.2 Å². The molecule has 3 rings (SSSR count). The van der Waals surface area contributed by atoms with Crippen molar-refractivity contribution >= 4 is 11.6 Å². The van der Waals surface area contributed by atoms with E-state index in [1.165, 1.54) is 0 Å². The van der Waals surface area contributed by atoms with E-state index in [2.05, 4.69) is 5.32 Å². The first-order valence-corrected chi connectivity index (χ1v) is 6.95. The zero-order valence-electron chi connectivity index (χ0n) is 11.2. The lowest BCUT2D eigenvalue weighted by molar-refractivity contribution is 0.402. The number of ether oxygens (including phenoxy) is 1. The van der Waals surface area contributed by atoms with Crippen molar-refractivity contribution < 1.29 is 9.84 Å². The number of phenolic OH excluding ortho intramolecular Hbond substituents is 1. The standard InChI is InChI=1S/C16H16ClNO2/c1-20-15-5-2-11(17)9-14(15)16-13-4-3-12(19)8-10(13)6-7-18-16/h2-5,8-9,16,18-19H,6-7H2,1H3. The van der Waals surface area contributed by atoms with E-state index in [9.17, 15) is 5.11 Å². The van der Waals surface area contributed by atoms with Crippen molar-refractivity contribution in [1.82, 2.24) is 5.32 Å². The molecule has 4 heteroatoms. The van der Waals surface area contributed by atoms with E-state index >= 15 is 0 Å². The number of hydrogen-bond donors (Lipinski definition) is 2. The smallest absolute Gasteiger partial charge is 0.124 e. The van der Waals surface area contributed by atoms with E-state index in [-0.39, 0.29) is 6.04 Å². The molecule has 0 aromatic heterocycles. The third-order valence-corrected chi connectivity index (χ3v) is 3.92. The third kappa shape index (κ3) is 2.35. The molecular weight excluding hydrogens is 274 g/mol. The van der Waals surface area contributed by atoms with E-state index in [1.54, 1.807) is 13.2 Å². The zero-order chi connectivity index (χ0) is 14.1. The SMILES string of the molecule is COc1ccc(Cl)cc1C1NCCc2cc(O)ccc21. The number of halogens is 1.